The molecule has 8 heteroatoms. The summed E-state index contributed by atoms with van der Waals surface area (Å²) in [4.78, 5) is 24.1. The number of nitro groups is 1. The monoisotopic (exact) mass is 213 g/mol. The van der Waals surface area contributed by atoms with Gasteiger partial charge in [0, 0.05) is 6.92 Å². The maximum atomic E-state index is 10.4. The van der Waals surface area contributed by atoms with Crippen molar-refractivity contribution in [1.82, 2.24) is 0 Å². The van der Waals surface area contributed by atoms with Crippen LogP contribution in [0.1, 0.15) is 12.7 Å². The Kier molecular flexibility index (Phi) is 3.01. The highest BCUT2D eigenvalue weighted by Crippen LogP contribution is 2.15. The van der Waals surface area contributed by atoms with E-state index in [0.29, 0.717) is 0 Å². The van der Waals surface area contributed by atoms with Gasteiger partial charge in [-0.25, -0.2) is 4.79 Å². The molecule has 0 aliphatic carbocycles. The number of nitrogens with two attached hydrogens (primary N) is 1. The molecule has 1 aromatic heterocycles. The summed E-state index contributed by atoms with van der Waals surface area (Å²) < 4.78 is 4.69. The second-order valence-corrected chi connectivity index (χ2v) is 2.45. The van der Waals surface area contributed by atoms with Crippen molar-refractivity contribution in [2.24, 2.45) is 10.9 Å². The quantitative estimate of drug-likeness (QED) is 0.254. The van der Waals surface area contributed by atoms with Crippen molar-refractivity contribution in [2.45, 2.75) is 6.92 Å². The van der Waals surface area contributed by atoms with Gasteiger partial charge in [-0.3, -0.25) is 10.1 Å². The van der Waals surface area contributed by atoms with Crippen LogP contribution in [0.3, 0.4) is 0 Å². The minimum atomic E-state index is -0.720. The molecule has 0 atom stereocenters. The Bertz CT molecular complexity index is 422. The predicted octanol–water partition coefficient (Wildman–Crippen LogP) is 0.371. The lowest BCUT2D eigenvalue weighted by molar-refractivity contribution is -0.402. The third kappa shape index (κ3) is 2.79. The van der Waals surface area contributed by atoms with Crippen LogP contribution in [0.2, 0.25) is 0 Å². The topological polar surface area (TPSA) is 121 Å². The second kappa shape index (κ2) is 4.22. The zero-order chi connectivity index (χ0) is 11.4. The van der Waals surface area contributed by atoms with Crippen molar-refractivity contribution < 1.29 is 19.0 Å². The van der Waals surface area contributed by atoms with Gasteiger partial charge in [-0.05, 0) is 6.07 Å². The molecule has 8 nitrogen and oxygen atoms in total. The number of carbonyl (C=O) groups excluding carboxylic acids is 1. The van der Waals surface area contributed by atoms with Gasteiger partial charge in [-0.1, -0.05) is 5.16 Å². The molecule has 0 spiro atoms. The highest BCUT2D eigenvalue weighted by Gasteiger charge is 2.14. The number of furan rings is 1. The lowest BCUT2D eigenvalue weighted by atomic mass is 10.4. The molecule has 1 aromatic rings. The summed E-state index contributed by atoms with van der Waals surface area (Å²) in [5, 5.41) is 13.4. The predicted molar refractivity (Wildman–Crippen MR) is 47.9 cm³/mol. The summed E-state index contributed by atoms with van der Waals surface area (Å²) in [6, 6.07) is 2.37. The maximum absolute atomic E-state index is 10.4. The van der Waals surface area contributed by atoms with Crippen LogP contribution in [0, 0.1) is 10.1 Å². The van der Waals surface area contributed by atoms with Crippen LogP contribution in [0.15, 0.2) is 21.7 Å². The summed E-state index contributed by atoms with van der Waals surface area (Å²) in [7, 11) is 0. The van der Waals surface area contributed by atoms with E-state index in [2.05, 4.69) is 9.99 Å². The summed E-state index contributed by atoms with van der Waals surface area (Å²) in [6.45, 7) is 1.14. The van der Waals surface area contributed by atoms with Crippen molar-refractivity contribution in [2.75, 3.05) is 0 Å². The smallest absolute Gasteiger partial charge is 0.397 e. The Hall–Kier alpha value is -2.38. The van der Waals surface area contributed by atoms with Crippen LogP contribution in [0.4, 0.5) is 5.88 Å². The Labute approximate surface area is 83.4 Å². The first-order valence-electron chi connectivity index (χ1n) is 3.76. The van der Waals surface area contributed by atoms with E-state index >= 15 is 0 Å². The minimum absolute atomic E-state index is 0.0389. The van der Waals surface area contributed by atoms with Gasteiger partial charge in [0.15, 0.2) is 5.76 Å². The molecule has 0 radical (unpaired) electrons. The van der Waals surface area contributed by atoms with E-state index in [9.17, 15) is 14.9 Å². The molecule has 0 saturated heterocycles. The molecule has 1 heterocycles. The average Bonchev–Trinajstić information content (AvgIpc) is 2.62. The molecule has 0 saturated carbocycles. The molecule has 80 valence electrons. The molecule has 0 unspecified atom stereocenters. The molecule has 0 bridgehead atoms. The van der Waals surface area contributed by atoms with Crippen LogP contribution in [0.5, 0.6) is 0 Å². The van der Waals surface area contributed by atoms with Crippen molar-refractivity contribution >= 4 is 17.7 Å². The Morgan fingerprint density at radius 3 is 2.80 bits per heavy atom. The van der Waals surface area contributed by atoms with Crippen molar-refractivity contribution in [3.63, 3.8) is 0 Å². The molecular weight excluding hydrogens is 206 g/mol. The van der Waals surface area contributed by atoms with E-state index < -0.39 is 16.8 Å². The van der Waals surface area contributed by atoms with Gasteiger partial charge < -0.3 is 15.0 Å². The highest BCUT2D eigenvalue weighted by molar-refractivity contribution is 5.95. The van der Waals surface area contributed by atoms with Crippen LogP contribution in [0.25, 0.3) is 0 Å². The third-order valence-corrected chi connectivity index (χ3v) is 1.30. The van der Waals surface area contributed by atoms with Crippen LogP contribution in [-0.2, 0) is 9.63 Å². The van der Waals surface area contributed by atoms with E-state index in [0.717, 1.165) is 13.0 Å². The standard InChI is InChI=1S/C7H7N3O5/c1-4(11)15-9-7(8)5-2-3-6(14-5)10(12)13/h2-3H,1H3,(H2,8,9). The highest BCUT2D eigenvalue weighted by atomic mass is 16.7. The zero-order valence-corrected chi connectivity index (χ0v) is 7.67. The number of nitrogens with zero attached hydrogens (tertiary/aromatic N) is 2. The van der Waals surface area contributed by atoms with E-state index in [1.54, 1.807) is 0 Å². The molecule has 0 fully saturated rings. The molecule has 0 aliphatic heterocycles. The summed E-state index contributed by atoms with van der Waals surface area (Å²) in [6.07, 6.45) is 0. The Balaban J connectivity index is 2.82. The molecule has 0 aliphatic rings. The number of amidine groups is 1. The fourth-order valence-electron chi connectivity index (χ4n) is 0.722. The second-order valence-electron chi connectivity index (χ2n) is 2.45. The van der Waals surface area contributed by atoms with Gasteiger partial charge in [-0.15, -0.1) is 0 Å². The van der Waals surface area contributed by atoms with Crippen molar-refractivity contribution in [3.05, 3.63) is 28.0 Å². The first-order chi connectivity index (χ1) is 7.00. The van der Waals surface area contributed by atoms with Gasteiger partial charge in [0.1, 0.15) is 4.92 Å². The van der Waals surface area contributed by atoms with E-state index in [4.69, 9.17) is 10.2 Å². The SMILES string of the molecule is CC(=O)O/N=C(\N)c1ccc([N+](=O)[O-])o1. The largest absolute Gasteiger partial charge is 0.433 e. The Morgan fingerprint density at radius 1 is 1.67 bits per heavy atom. The molecule has 0 aromatic carbocycles. The number of carbonyl (C=O) groups is 1. The van der Waals surface area contributed by atoms with E-state index in [1.807, 2.05) is 0 Å². The molecule has 15 heavy (non-hydrogen) atoms. The van der Waals surface area contributed by atoms with Gasteiger partial charge in [0.05, 0.1) is 6.07 Å². The van der Waals surface area contributed by atoms with Crippen LogP contribution in [-0.4, -0.2) is 16.7 Å². The van der Waals surface area contributed by atoms with Gasteiger partial charge in [-0.2, -0.15) is 0 Å². The number of oxime groups is 1. The lowest BCUT2D eigenvalue weighted by Crippen LogP contribution is -2.13. The fourth-order valence-corrected chi connectivity index (χ4v) is 0.722. The maximum Gasteiger partial charge on any atom is 0.433 e. The first kappa shape index (κ1) is 10.7. The van der Waals surface area contributed by atoms with Crippen LogP contribution < -0.4 is 5.73 Å². The molecule has 0 amide bonds. The molecular formula is C7H7N3O5. The summed E-state index contributed by atoms with van der Waals surface area (Å²) >= 11 is 0. The van der Waals surface area contributed by atoms with E-state index in [-0.39, 0.29) is 11.6 Å². The minimum Gasteiger partial charge on any atom is -0.397 e. The first-order valence-corrected chi connectivity index (χ1v) is 3.76. The average molecular weight is 213 g/mol. The summed E-state index contributed by atoms with van der Waals surface area (Å²) in [5.41, 5.74) is 5.31. The van der Waals surface area contributed by atoms with Crippen molar-refractivity contribution in [1.29, 1.82) is 0 Å². The zero-order valence-electron chi connectivity index (χ0n) is 7.67. The number of rotatable bonds is 3. The van der Waals surface area contributed by atoms with Gasteiger partial charge >= 0.3 is 11.9 Å². The van der Waals surface area contributed by atoms with Gasteiger partial charge in [0.25, 0.3) is 0 Å². The number of hydrogen-bond acceptors (Lipinski definition) is 6. The van der Waals surface area contributed by atoms with Crippen molar-refractivity contribution in [3.8, 4) is 0 Å². The van der Waals surface area contributed by atoms with Gasteiger partial charge in [0.2, 0.25) is 5.84 Å². The van der Waals surface area contributed by atoms with E-state index in [1.165, 1.54) is 6.07 Å². The molecule has 1 rings (SSSR count). The normalized spacial score (nSPS) is 11.1. The molecule has 2 N–H and O–H groups in total. The fraction of sp³-hybridized carbons (Fsp3) is 0.143. The lowest BCUT2D eigenvalue weighted by Gasteiger charge is -1.93. The third-order valence-electron chi connectivity index (χ3n) is 1.30. The number of hydrogen-bond donors (Lipinski definition) is 1. The summed E-state index contributed by atoms with van der Waals surface area (Å²) in [5.74, 6) is -1.41. The Morgan fingerprint density at radius 2 is 2.33 bits per heavy atom. The van der Waals surface area contributed by atoms with Crippen LogP contribution >= 0.6 is 0 Å².